The van der Waals surface area contributed by atoms with Crippen molar-refractivity contribution >= 4 is 22.4 Å². The number of nitrogens with zero attached hydrogens (tertiary/aromatic N) is 1. The highest BCUT2D eigenvalue weighted by molar-refractivity contribution is 6.08. The van der Waals surface area contributed by atoms with Crippen LogP contribution in [0.4, 0.5) is 5.69 Å². The number of fused-ring (bicyclic) bond motifs is 1. The highest BCUT2D eigenvalue weighted by Crippen LogP contribution is 2.45. The number of hydrogen-bond donors (Lipinski definition) is 1. The van der Waals surface area contributed by atoms with Gasteiger partial charge in [-0.25, -0.2) is 4.79 Å². The molecular formula is C30H32N2O9. The van der Waals surface area contributed by atoms with Crippen molar-refractivity contribution in [2.45, 2.75) is 0 Å². The molecule has 1 heterocycles. The molecule has 0 aliphatic rings. The molecule has 0 spiro atoms. The van der Waals surface area contributed by atoms with Crippen LogP contribution in [0.5, 0.6) is 28.7 Å². The molecule has 0 saturated heterocycles. The number of carbonyl (C=O) groups is 1. The van der Waals surface area contributed by atoms with E-state index in [1.807, 2.05) is 0 Å². The van der Waals surface area contributed by atoms with Crippen molar-refractivity contribution in [3.63, 3.8) is 0 Å². The Labute approximate surface area is 236 Å². The van der Waals surface area contributed by atoms with Gasteiger partial charge in [-0.1, -0.05) is 0 Å². The van der Waals surface area contributed by atoms with Crippen molar-refractivity contribution in [2.75, 3.05) is 61.6 Å². The molecule has 11 heteroatoms. The summed E-state index contributed by atoms with van der Waals surface area (Å²) in [5.74, 6) is 0.998. The SMILES string of the molecule is COCCOc1cc2c(=O)n(-c3ccc(N)cc3)c(C(=O)OC)c(-c3cc(OC)c(OC)c(OC)c3)c2cc1OC. The Kier molecular flexibility index (Phi) is 8.88. The lowest BCUT2D eigenvalue weighted by molar-refractivity contribution is 0.0591. The topological polar surface area (TPSA) is 130 Å². The van der Waals surface area contributed by atoms with Gasteiger partial charge in [0, 0.05) is 29.4 Å². The number of methoxy groups -OCH3 is 6. The molecule has 4 aromatic rings. The molecule has 0 aliphatic heterocycles. The Hall–Kier alpha value is -4.90. The van der Waals surface area contributed by atoms with E-state index < -0.39 is 11.5 Å². The normalized spacial score (nSPS) is 10.8. The van der Waals surface area contributed by atoms with Gasteiger partial charge in [0.15, 0.2) is 23.0 Å². The molecule has 216 valence electrons. The first-order chi connectivity index (χ1) is 19.8. The summed E-state index contributed by atoms with van der Waals surface area (Å²) in [6, 6.07) is 13.2. The largest absolute Gasteiger partial charge is 0.493 e. The van der Waals surface area contributed by atoms with Crippen LogP contribution in [0.3, 0.4) is 0 Å². The molecule has 0 saturated carbocycles. The molecule has 3 aromatic carbocycles. The third kappa shape index (κ3) is 5.44. The Bertz CT molecular complexity index is 1600. The van der Waals surface area contributed by atoms with E-state index in [2.05, 4.69) is 0 Å². The van der Waals surface area contributed by atoms with Crippen LogP contribution in [0.15, 0.2) is 53.3 Å². The first-order valence-corrected chi connectivity index (χ1v) is 12.5. The van der Waals surface area contributed by atoms with E-state index in [-0.39, 0.29) is 17.7 Å². The van der Waals surface area contributed by atoms with E-state index >= 15 is 0 Å². The van der Waals surface area contributed by atoms with Crippen molar-refractivity contribution in [3.8, 4) is 45.6 Å². The Morgan fingerprint density at radius 1 is 0.756 bits per heavy atom. The number of pyridine rings is 1. The molecule has 0 fully saturated rings. The number of esters is 1. The van der Waals surface area contributed by atoms with Gasteiger partial charge in [-0.15, -0.1) is 0 Å². The van der Waals surface area contributed by atoms with Crippen molar-refractivity contribution < 1.29 is 38.0 Å². The molecule has 1 aromatic heterocycles. The second kappa shape index (κ2) is 12.5. The van der Waals surface area contributed by atoms with E-state index in [1.165, 1.54) is 40.1 Å². The van der Waals surface area contributed by atoms with E-state index in [9.17, 15) is 9.59 Å². The smallest absolute Gasteiger partial charge is 0.355 e. The number of ether oxygens (including phenoxy) is 7. The minimum Gasteiger partial charge on any atom is -0.493 e. The zero-order valence-corrected chi connectivity index (χ0v) is 23.7. The van der Waals surface area contributed by atoms with Gasteiger partial charge >= 0.3 is 5.97 Å². The van der Waals surface area contributed by atoms with Crippen molar-refractivity contribution in [1.82, 2.24) is 4.57 Å². The predicted octanol–water partition coefficient (Wildman–Crippen LogP) is 4.09. The number of nitrogen functional groups attached to an aromatic ring is 1. The predicted molar refractivity (Wildman–Crippen MR) is 154 cm³/mol. The number of aromatic nitrogens is 1. The molecule has 0 unspecified atom stereocenters. The summed E-state index contributed by atoms with van der Waals surface area (Å²) in [6.45, 7) is 0.555. The van der Waals surface area contributed by atoms with Gasteiger partial charge in [-0.05, 0) is 54.1 Å². The minimum atomic E-state index is -0.746. The maximum atomic E-state index is 14.2. The zero-order chi connectivity index (χ0) is 29.7. The molecule has 4 rings (SSSR count). The van der Waals surface area contributed by atoms with Crippen molar-refractivity contribution in [1.29, 1.82) is 0 Å². The lowest BCUT2D eigenvalue weighted by Gasteiger charge is -2.21. The fraction of sp³-hybridized carbons (Fsp3) is 0.267. The third-order valence-electron chi connectivity index (χ3n) is 6.50. The summed E-state index contributed by atoms with van der Waals surface area (Å²) in [7, 11) is 8.76. The second-order valence-corrected chi connectivity index (χ2v) is 8.75. The Morgan fingerprint density at radius 3 is 1.90 bits per heavy atom. The van der Waals surface area contributed by atoms with Crippen LogP contribution in [-0.4, -0.2) is 66.4 Å². The fourth-order valence-electron chi connectivity index (χ4n) is 4.59. The standard InChI is InChI=1S/C30H32N2O9/c1-35-11-12-41-23-16-21-20(15-22(23)36-2)26(17-13-24(37-3)28(39-5)25(14-17)38-4)27(30(34)40-6)32(29(21)33)19-9-7-18(31)8-10-19/h7-10,13-16H,11-12,31H2,1-6H3. The summed E-state index contributed by atoms with van der Waals surface area (Å²) in [4.78, 5) is 27.7. The molecule has 0 atom stereocenters. The van der Waals surface area contributed by atoms with Gasteiger partial charge < -0.3 is 38.9 Å². The summed E-state index contributed by atoms with van der Waals surface area (Å²) >= 11 is 0. The lowest BCUT2D eigenvalue weighted by atomic mass is 9.95. The van der Waals surface area contributed by atoms with Crippen molar-refractivity contribution in [2.24, 2.45) is 0 Å². The van der Waals surface area contributed by atoms with E-state index in [1.54, 1.807) is 55.6 Å². The van der Waals surface area contributed by atoms with Gasteiger partial charge in [0.2, 0.25) is 5.75 Å². The molecule has 2 N–H and O–H groups in total. The number of benzene rings is 3. The van der Waals surface area contributed by atoms with E-state index in [0.29, 0.717) is 63.2 Å². The lowest BCUT2D eigenvalue weighted by Crippen LogP contribution is -2.27. The first-order valence-electron chi connectivity index (χ1n) is 12.5. The number of anilines is 1. The van der Waals surface area contributed by atoms with Gasteiger partial charge in [0.05, 0.1) is 47.5 Å². The molecule has 41 heavy (non-hydrogen) atoms. The Morgan fingerprint density at radius 2 is 1.37 bits per heavy atom. The molecule has 0 amide bonds. The van der Waals surface area contributed by atoms with Crippen LogP contribution < -0.4 is 35.0 Å². The fourth-order valence-corrected chi connectivity index (χ4v) is 4.59. The number of nitrogens with two attached hydrogens (primary N) is 1. The second-order valence-electron chi connectivity index (χ2n) is 8.75. The third-order valence-corrected chi connectivity index (χ3v) is 6.50. The van der Waals surface area contributed by atoms with Gasteiger partial charge in [0.25, 0.3) is 5.56 Å². The zero-order valence-electron chi connectivity index (χ0n) is 23.7. The molecule has 0 aliphatic carbocycles. The molecule has 11 nitrogen and oxygen atoms in total. The minimum absolute atomic E-state index is 0.0286. The van der Waals surface area contributed by atoms with Crippen LogP contribution in [0.25, 0.3) is 27.6 Å². The Balaban J connectivity index is 2.23. The molecule has 0 radical (unpaired) electrons. The molecular weight excluding hydrogens is 532 g/mol. The van der Waals surface area contributed by atoms with E-state index in [4.69, 9.17) is 38.9 Å². The summed E-state index contributed by atoms with van der Waals surface area (Å²) in [5.41, 5.74) is 7.15. The number of hydrogen-bond acceptors (Lipinski definition) is 10. The average molecular weight is 565 g/mol. The molecule has 0 bridgehead atoms. The van der Waals surface area contributed by atoms with Crippen LogP contribution in [-0.2, 0) is 9.47 Å². The monoisotopic (exact) mass is 564 g/mol. The highest BCUT2D eigenvalue weighted by Gasteiger charge is 2.28. The van der Waals surface area contributed by atoms with Crippen LogP contribution in [0.1, 0.15) is 10.5 Å². The van der Waals surface area contributed by atoms with Crippen LogP contribution >= 0.6 is 0 Å². The maximum Gasteiger partial charge on any atom is 0.355 e. The maximum absolute atomic E-state index is 14.2. The first kappa shape index (κ1) is 29.1. The quantitative estimate of drug-likeness (QED) is 0.162. The van der Waals surface area contributed by atoms with Gasteiger partial charge in [-0.3, -0.25) is 9.36 Å². The van der Waals surface area contributed by atoms with Crippen LogP contribution in [0, 0.1) is 0 Å². The van der Waals surface area contributed by atoms with E-state index in [0.717, 1.165) is 0 Å². The number of carbonyl (C=O) groups excluding carboxylic acids is 1. The number of rotatable bonds is 11. The van der Waals surface area contributed by atoms with Crippen LogP contribution in [0.2, 0.25) is 0 Å². The highest BCUT2D eigenvalue weighted by atomic mass is 16.5. The average Bonchev–Trinajstić information content (AvgIpc) is 3.00. The summed E-state index contributed by atoms with van der Waals surface area (Å²) in [5, 5.41) is 0.666. The van der Waals surface area contributed by atoms with Gasteiger partial charge in [-0.2, -0.15) is 0 Å². The summed E-state index contributed by atoms with van der Waals surface area (Å²) in [6.07, 6.45) is 0. The van der Waals surface area contributed by atoms with Crippen molar-refractivity contribution in [3.05, 3.63) is 64.6 Å². The summed E-state index contributed by atoms with van der Waals surface area (Å²) < 4.78 is 39.8. The van der Waals surface area contributed by atoms with Gasteiger partial charge in [0.1, 0.15) is 12.3 Å².